The molecule has 0 aromatic heterocycles. The zero-order chi connectivity index (χ0) is 25.0. The summed E-state index contributed by atoms with van der Waals surface area (Å²) in [5, 5.41) is 9.39. The molecule has 2 heterocycles. The van der Waals surface area contributed by atoms with E-state index in [1.165, 1.54) is 0 Å². The van der Waals surface area contributed by atoms with Crippen molar-refractivity contribution >= 4 is 41.5 Å². The van der Waals surface area contributed by atoms with Gasteiger partial charge in [0, 0.05) is 61.7 Å². The Bertz CT molecular complexity index is 863. The Morgan fingerprint density at radius 1 is 1.06 bits per heavy atom. The molecule has 2 aliphatic heterocycles. The van der Waals surface area contributed by atoms with E-state index in [-0.39, 0.29) is 29.8 Å². The van der Waals surface area contributed by atoms with Gasteiger partial charge in [0.1, 0.15) is 12.1 Å². The molecule has 192 valence electrons. The van der Waals surface area contributed by atoms with Crippen LogP contribution < -0.4 is 20.9 Å². The lowest BCUT2D eigenvalue weighted by molar-refractivity contribution is -0.121. The van der Waals surface area contributed by atoms with E-state index in [1.54, 1.807) is 12.1 Å². The number of nitrogens with zero attached hydrogens (tertiary/aromatic N) is 1. The summed E-state index contributed by atoms with van der Waals surface area (Å²) in [7, 11) is 1.95. The zero-order valence-electron chi connectivity index (χ0n) is 20.6. The molecule has 0 radical (unpaired) electrons. The maximum atomic E-state index is 12.2. The molecule has 9 heteroatoms. The van der Waals surface area contributed by atoms with Gasteiger partial charge in [-0.3, -0.25) is 14.4 Å². The summed E-state index contributed by atoms with van der Waals surface area (Å²) >= 11 is 1.91. The smallest absolute Gasteiger partial charge is 0.315 e. The van der Waals surface area contributed by atoms with Gasteiger partial charge in [0.25, 0.3) is 0 Å². The number of carbonyl (C=O) groups is 4. The van der Waals surface area contributed by atoms with Gasteiger partial charge in [0.15, 0.2) is 0 Å². The number of urea groups is 1. The van der Waals surface area contributed by atoms with Crippen molar-refractivity contribution < 1.29 is 19.2 Å². The molecule has 2 fully saturated rings. The number of fused-ring (bicyclic) bond motifs is 1. The van der Waals surface area contributed by atoms with Gasteiger partial charge in [0.2, 0.25) is 5.91 Å². The fourth-order valence-corrected chi connectivity index (χ4v) is 6.11. The monoisotopic (exact) mass is 502 g/mol. The number of carbonyl (C=O) groups excluding carboxylic acids is 4. The molecule has 2 saturated heterocycles. The fourth-order valence-electron chi connectivity index (χ4n) is 4.57. The first-order chi connectivity index (χ1) is 17.0. The highest BCUT2D eigenvalue weighted by Crippen LogP contribution is 2.33. The van der Waals surface area contributed by atoms with Crippen LogP contribution in [0, 0.1) is 0 Å². The van der Waals surface area contributed by atoms with E-state index < -0.39 is 0 Å². The Morgan fingerprint density at radius 3 is 2.60 bits per heavy atom. The van der Waals surface area contributed by atoms with Crippen molar-refractivity contribution in [2.45, 2.75) is 75.1 Å². The molecule has 1 aromatic rings. The third kappa shape index (κ3) is 8.87. The summed E-state index contributed by atoms with van der Waals surface area (Å²) in [5.74, 6) is 1.32. The summed E-state index contributed by atoms with van der Waals surface area (Å²) in [4.78, 5) is 48.4. The first-order valence-corrected chi connectivity index (χ1v) is 13.7. The van der Waals surface area contributed by atoms with E-state index in [2.05, 4.69) is 16.0 Å². The predicted molar refractivity (Wildman–Crippen MR) is 140 cm³/mol. The van der Waals surface area contributed by atoms with Gasteiger partial charge in [-0.2, -0.15) is 11.8 Å². The topological polar surface area (TPSA) is 108 Å². The Morgan fingerprint density at radius 2 is 1.83 bits per heavy atom. The van der Waals surface area contributed by atoms with Crippen LogP contribution in [0.2, 0.25) is 0 Å². The molecule has 3 N–H and O–H groups in total. The number of aldehydes is 1. The molecular weight excluding hydrogens is 464 g/mol. The lowest BCUT2D eigenvalue weighted by Crippen LogP contribution is -2.36. The molecule has 3 atom stereocenters. The van der Waals surface area contributed by atoms with E-state index in [1.807, 2.05) is 35.8 Å². The van der Waals surface area contributed by atoms with Gasteiger partial charge in [-0.1, -0.05) is 12.8 Å². The first-order valence-electron chi connectivity index (χ1n) is 12.7. The van der Waals surface area contributed by atoms with Gasteiger partial charge in [-0.25, -0.2) is 4.79 Å². The molecule has 8 nitrogen and oxygen atoms in total. The highest BCUT2D eigenvalue weighted by molar-refractivity contribution is 8.00. The Kier molecular flexibility index (Phi) is 10.9. The summed E-state index contributed by atoms with van der Waals surface area (Å²) in [6.45, 7) is 1.31. The molecule has 0 bridgehead atoms. The average molecular weight is 503 g/mol. The Labute approximate surface area is 212 Å². The number of Topliss-reactive ketones (excluding diaryl/α,β-unsaturated/α-hetero) is 1. The van der Waals surface area contributed by atoms with Crippen LogP contribution in [-0.2, 0) is 9.59 Å². The van der Waals surface area contributed by atoms with Crippen LogP contribution in [0.5, 0.6) is 0 Å². The highest BCUT2D eigenvalue weighted by atomic mass is 32.2. The Hall–Kier alpha value is -2.55. The third-order valence-electron chi connectivity index (χ3n) is 6.73. The van der Waals surface area contributed by atoms with E-state index in [4.69, 9.17) is 0 Å². The molecule has 0 saturated carbocycles. The highest BCUT2D eigenvalue weighted by Gasteiger charge is 2.42. The molecule has 35 heavy (non-hydrogen) atoms. The summed E-state index contributed by atoms with van der Waals surface area (Å²) in [6.07, 6.45) is 7.98. The third-order valence-corrected chi connectivity index (χ3v) is 8.24. The van der Waals surface area contributed by atoms with Crippen molar-refractivity contribution in [3.63, 3.8) is 0 Å². The number of unbranched alkanes of at least 4 members (excludes halogenated alkanes) is 3. The zero-order valence-corrected chi connectivity index (χ0v) is 21.4. The number of amides is 3. The van der Waals surface area contributed by atoms with Gasteiger partial charge >= 0.3 is 6.03 Å². The standard InChI is InChI=1S/C26H38N4O4S/c1-30(20-12-10-19(17-31)11-13-20)16-14-21(32)7-3-2-6-15-27-24(33)9-5-4-8-23-25-22(18-35-23)28-26(34)29-25/h10-13,17,22-23,25H,2-9,14-16,18H2,1H3,(H,27,33)(H2,28,29,34)/t22-,23-,25-/m0/s1. The van der Waals surface area contributed by atoms with Gasteiger partial charge < -0.3 is 20.9 Å². The Balaban J connectivity index is 1.14. The van der Waals surface area contributed by atoms with Crippen molar-refractivity contribution in [1.82, 2.24) is 16.0 Å². The van der Waals surface area contributed by atoms with Crippen LogP contribution in [0.4, 0.5) is 10.5 Å². The lowest BCUT2D eigenvalue weighted by atomic mass is 10.0. The van der Waals surface area contributed by atoms with Crippen LogP contribution in [-0.4, -0.2) is 67.2 Å². The summed E-state index contributed by atoms with van der Waals surface area (Å²) < 4.78 is 0. The minimum Gasteiger partial charge on any atom is -0.374 e. The molecule has 3 amide bonds. The SMILES string of the molecule is CN(CCC(=O)CCCCCNC(=O)CCCC[C@@H]1SC[C@@H]2NC(=O)N[C@@H]21)c1ccc(C=O)cc1. The molecule has 1 aromatic carbocycles. The predicted octanol–water partition coefficient (Wildman–Crippen LogP) is 3.30. The van der Waals surface area contributed by atoms with Crippen LogP contribution >= 0.6 is 11.8 Å². The molecule has 0 spiro atoms. The number of nitrogens with one attached hydrogen (secondary N) is 3. The second-order valence-electron chi connectivity index (χ2n) is 9.45. The lowest BCUT2D eigenvalue weighted by Gasteiger charge is -2.18. The van der Waals surface area contributed by atoms with Crippen LogP contribution in [0.1, 0.15) is 68.1 Å². The minimum atomic E-state index is -0.0550. The second kappa shape index (κ2) is 14.1. The quantitative estimate of drug-likeness (QED) is 0.182. The molecule has 3 rings (SSSR count). The van der Waals surface area contributed by atoms with E-state index in [0.717, 1.165) is 56.3 Å². The number of hydrogen-bond acceptors (Lipinski definition) is 6. The maximum absolute atomic E-state index is 12.2. The molecule has 2 aliphatic rings. The number of rotatable bonds is 16. The summed E-state index contributed by atoms with van der Waals surface area (Å²) in [6, 6.07) is 7.76. The number of thioether (sulfide) groups is 1. The van der Waals surface area contributed by atoms with Gasteiger partial charge in [-0.05, 0) is 49.9 Å². The summed E-state index contributed by atoms with van der Waals surface area (Å²) in [5.41, 5.74) is 1.63. The van der Waals surface area contributed by atoms with Gasteiger partial charge in [-0.15, -0.1) is 0 Å². The second-order valence-corrected chi connectivity index (χ2v) is 10.7. The van der Waals surface area contributed by atoms with Crippen molar-refractivity contribution in [2.24, 2.45) is 0 Å². The largest absolute Gasteiger partial charge is 0.374 e. The molecule has 0 unspecified atom stereocenters. The first kappa shape index (κ1) is 27.0. The van der Waals surface area contributed by atoms with Crippen molar-refractivity contribution in [1.29, 1.82) is 0 Å². The number of anilines is 1. The number of benzene rings is 1. The molecule has 0 aliphatic carbocycles. The van der Waals surface area contributed by atoms with Crippen LogP contribution in [0.15, 0.2) is 24.3 Å². The maximum Gasteiger partial charge on any atom is 0.315 e. The number of hydrogen-bond donors (Lipinski definition) is 3. The molecular formula is C26H38N4O4S. The van der Waals surface area contributed by atoms with E-state index >= 15 is 0 Å². The fraction of sp³-hybridized carbons (Fsp3) is 0.615. The minimum absolute atomic E-state index is 0.0550. The van der Waals surface area contributed by atoms with Crippen LogP contribution in [0.3, 0.4) is 0 Å². The van der Waals surface area contributed by atoms with Crippen molar-refractivity contribution in [3.8, 4) is 0 Å². The van der Waals surface area contributed by atoms with E-state index in [0.29, 0.717) is 43.2 Å². The normalized spacial score (nSPS) is 20.6. The van der Waals surface area contributed by atoms with Crippen LogP contribution in [0.25, 0.3) is 0 Å². The average Bonchev–Trinajstić information content (AvgIpc) is 3.41. The van der Waals surface area contributed by atoms with Crippen molar-refractivity contribution in [2.75, 3.05) is 30.8 Å². The van der Waals surface area contributed by atoms with Crippen molar-refractivity contribution in [3.05, 3.63) is 29.8 Å². The number of ketones is 1. The van der Waals surface area contributed by atoms with E-state index in [9.17, 15) is 19.2 Å². The van der Waals surface area contributed by atoms with Gasteiger partial charge in [0.05, 0.1) is 12.1 Å².